The Balaban J connectivity index is 1.35. The van der Waals surface area contributed by atoms with Gasteiger partial charge in [-0.25, -0.2) is 0 Å². The lowest BCUT2D eigenvalue weighted by atomic mass is 9.98. The minimum Gasteiger partial charge on any atom is -0.454 e. The highest BCUT2D eigenvalue weighted by molar-refractivity contribution is 5.44. The van der Waals surface area contributed by atoms with Gasteiger partial charge in [-0.2, -0.15) is 0 Å². The Hall–Kier alpha value is -1.30. The summed E-state index contributed by atoms with van der Waals surface area (Å²) in [6, 6.07) is 7.39. The number of ether oxygens (including phenoxy) is 2. The number of benzene rings is 1. The molecule has 4 atom stereocenters. The van der Waals surface area contributed by atoms with Gasteiger partial charge in [-0.05, 0) is 43.4 Å². The van der Waals surface area contributed by atoms with Crippen LogP contribution in [-0.4, -0.2) is 66.1 Å². The van der Waals surface area contributed by atoms with E-state index in [1.54, 1.807) is 0 Å². The number of piperazine rings is 1. The van der Waals surface area contributed by atoms with Crippen molar-refractivity contribution < 1.29 is 14.6 Å². The molecular weight excluding hydrogens is 304 g/mol. The molecule has 24 heavy (non-hydrogen) atoms. The zero-order valence-corrected chi connectivity index (χ0v) is 14.6. The van der Waals surface area contributed by atoms with Crippen LogP contribution in [0, 0.1) is 5.92 Å². The Bertz CT molecular complexity index is 594. The van der Waals surface area contributed by atoms with Gasteiger partial charge in [0.15, 0.2) is 11.5 Å². The first-order valence-corrected chi connectivity index (χ1v) is 9.13. The highest BCUT2D eigenvalue weighted by atomic mass is 16.7. The fraction of sp³-hybridized carbons (Fsp3) is 0.684. The van der Waals surface area contributed by atoms with Gasteiger partial charge in [-0.1, -0.05) is 13.0 Å². The Morgan fingerprint density at radius 1 is 1.21 bits per heavy atom. The summed E-state index contributed by atoms with van der Waals surface area (Å²) in [6.07, 6.45) is 1.85. The molecule has 1 N–H and O–H groups in total. The maximum absolute atomic E-state index is 9.90. The molecule has 0 saturated carbocycles. The number of hydrogen-bond acceptors (Lipinski definition) is 5. The maximum Gasteiger partial charge on any atom is 0.231 e. The second-order valence-corrected chi connectivity index (χ2v) is 7.80. The Labute approximate surface area is 144 Å². The van der Waals surface area contributed by atoms with E-state index in [1.165, 1.54) is 5.56 Å². The molecule has 1 aromatic carbocycles. The van der Waals surface area contributed by atoms with Crippen molar-refractivity contribution in [3.05, 3.63) is 23.8 Å². The number of rotatable bonds is 4. The van der Waals surface area contributed by atoms with E-state index in [-0.39, 0.29) is 6.10 Å². The number of hydrogen-bond donors (Lipinski definition) is 1. The third kappa shape index (κ3) is 3.25. The van der Waals surface area contributed by atoms with Gasteiger partial charge in [0.25, 0.3) is 0 Å². The van der Waals surface area contributed by atoms with Gasteiger partial charge in [0, 0.05) is 38.3 Å². The summed E-state index contributed by atoms with van der Waals surface area (Å²) >= 11 is 0. The third-order valence-electron chi connectivity index (χ3n) is 5.64. The summed E-state index contributed by atoms with van der Waals surface area (Å²) in [7, 11) is 0. The second-order valence-electron chi connectivity index (χ2n) is 7.80. The fourth-order valence-corrected chi connectivity index (χ4v) is 4.47. The van der Waals surface area contributed by atoms with Crippen LogP contribution in [0.1, 0.15) is 25.8 Å². The monoisotopic (exact) mass is 332 g/mol. The average Bonchev–Trinajstić information content (AvgIpc) is 3.12. The van der Waals surface area contributed by atoms with Crippen LogP contribution in [0.15, 0.2) is 18.2 Å². The Morgan fingerprint density at radius 3 is 2.92 bits per heavy atom. The number of nitrogens with zero attached hydrogens (tertiary/aromatic N) is 2. The lowest BCUT2D eigenvalue weighted by molar-refractivity contribution is 0.0488. The van der Waals surface area contributed by atoms with Crippen LogP contribution in [0.2, 0.25) is 0 Å². The lowest BCUT2D eigenvalue weighted by Gasteiger charge is -2.43. The van der Waals surface area contributed by atoms with Crippen molar-refractivity contribution in [2.24, 2.45) is 5.92 Å². The van der Waals surface area contributed by atoms with Crippen molar-refractivity contribution in [2.75, 3.05) is 33.0 Å². The molecule has 0 radical (unpaired) electrons. The number of aliphatic hydroxyl groups is 1. The van der Waals surface area contributed by atoms with Crippen LogP contribution in [0.3, 0.4) is 0 Å². The zero-order chi connectivity index (χ0) is 16.7. The quantitative estimate of drug-likeness (QED) is 0.910. The molecule has 0 amide bonds. The van der Waals surface area contributed by atoms with Crippen molar-refractivity contribution >= 4 is 0 Å². The zero-order valence-electron chi connectivity index (χ0n) is 14.6. The molecule has 5 nitrogen and oxygen atoms in total. The topological polar surface area (TPSA) is 45.2 Å². The van der Waals surface area contributed by atoms with Gasteiger partial charge >= 0.3 is 0 Å². The first kappa shape index (κ1) is 16.2. The van der Waals surface area contributed by atoms with Crippen molar-refractivity contribution in [1.29, 1.82) is 0 Å². The van der Waals surface area contributed by atoms with Crippen LogP contribution >= 0.6 is 0 Å². The van der Waals surface area contributed by atoms with Crippen LogP contribution in [0.4, 0.5) is 0 Å². The van der Waals surface area contributed by atoms with E-state index < -0.39 is 0 Å². The van der Waals surface area contributed by atoms with E-state index in [1.807, 2.05) is 6.07 Å². The van der Waals surface area contributed by atoms with Crippen LogP contribution in [-0.2, 0) is 6.42 Å². The predicted octanol–water partition coefficient (Wildman–Crippen LogP) is 1.73. The van der Waals surface area contributed by atoms with Gasteiger partial charge in [-0.15, -0.1) is 0 Å². The summed E-state index contributed by atoms with van der Waals surface area (Å²) in [4.78, 5) is 5.07. The largest absolute Gasteiger partial charge is 0.454 e. The van der Waals surface area contributed by atoms with Crippen LogP contribution < -0.4 is 9.47 Å². The smallest absolute Gasteiger partial charge is 0.231 e. The van der Waals surface area contributed by atoms with E-state index in [0.717, 1.165) is 50.5 Å². The van der Waals surface area contributed by atoms with E-state index in [0.29, 0.717) is 24.8 Å². The average molecular weight is 332 g/mol. The molecule has 0 bridgehead atoms. The molecular formula is C19H28N2O3. The summed E-state index contributed by atoms with van der Waals surface area (Å²) < 4.78 is 10.9. The van der Waals surface area contributed by atoms with Crippen LogP contribution in [0.5, 0.6) is 11.5 Å². The van der Waals surface area contributed by atoms with Crippen molar-refractivity contribution in [2.45, 2.75) is 44.9 Å². The van der Waals surface area contributed by atoms with Gasteiger partial charge < -0.3 is 14.6 Å². The predicted molar refractivity (Wildman–Crippen MR) is 92.5 cm³/mol. The van der Waals surface area contributed by atoms with Crippen LogP contribution in [0.25, 0.3) is 0 Å². The summed E-state index contributed by atoms with van der Waals surface area (Å²) in [5.41, 5.74) is 1.31. The third-order valence-corrected chi connectivity index (χ3v) is 5.64. The van der Waals surface area contributed by atoms with Crippen molar-refractivity contribution in [3.63, 3.8) is 0 Å². The lowest BCUT2D eigenvalue weighted by Crippen LogP contribution is -2.55. The first-order valence-electron chi connectivity index (χ1n) is 9.13. The maximum atomic E-state index is 9.90. The van der Waals surface area contributed by atoms with Gasteiger partial charge in [-0.3, -0.25) is 9.80 Å². The first-order chi connectivity index (χ1) is 11.6. The molecule has 0 aromatic heterocycles. The summed E-state index contributed by atoms with van der Waals surface area (Å²) in [6.45, 7) is 9.11. The molecule has 3 aliphatic heterocycles. The number of fused-ring (bicyclic) bond motifs is 2. The minimum absolute atomic E-state index is 0.131. The summed E-state index contributed by atoms with van der Waals surface area (Å²) in [5.74, 6) is 2.32. The van der Waals surface area contributed by atoms with Crippen molar-refractivity contribution in [1.82, 2.24) is 9.80 Å². The van der Waals surface area contributed by atoms with E-state index >= 15 is 0 Å². The Kier molecular flexibility index (Phi) is 4.41. The van der Waals surface area contributed by atoms with Gasteiger partial charge in [0.2, 0.25) is 6.79 Å². The fourth-order valence-electron chi connectivity index (χ4n) is 4.47. The molecule has 0 spiro atoms. The Morgan fingerprint density at radius 2 is 2.04 bits per heavy atom. The van der Waals surface area contributed by atoms with E-state index in [2.05, 4.69) is 35.8 Å². The molecule has 2 saturated heterocycles. The second kappa shape index (κ2) is 6.54. The minimum atomic E-state index is -0.131. The normalized spacial score (nSPS) is 31.2. The molecule has 3 heterocycles. The SMILES string of the molecule is C[C@H](Cc1ccc2c(c1)OCO2)CN1C[C@H]2C[C@@H](O)CN2C[C@@H]1C. The highest BCUT2D eigenvalue weighted by Gasteiger charge is 2.38. The highest BCUT2D eigenvalue weighted by Crippen LogP contribution is 2.33. The molecule has 2 fully saturated rings. The number of aliphatic hydroxyl groups excluding tert-OH is 1. The van der Waals surface area contributed by atoms with Gasteiger partial charge in [0.05, 0.1) is 6.10 Å². The molecule has 3 aliphatic rings. The van der Waals surface area contributed by atoms with Gasteiger partial charge in [0.1, 0.15) is 0 Å². The van der Waals surface area contributed by atoms with E-state index in [9.17, 15) is 5.11 Å². The van der Waals surface area contributed by atoms with E-state index in [4.69, 9.17) is 9.47 Å². The molecule has 4 rings (SSSR count). The molecule has 5 heteroatoms. The standard InChI is InChI=1S/C19H28N2O3/c1-13(5-15-3-4-18-19(6-15)24-12-23-18)8-20-10-16-7-17(22)11-21(16)9-14(20)2/h3-4,6,13-14,16-17,22H,5,7-12H2,1-2H3/t13-,14+,16-,17-/m1/s1. The molecule has 132 valence electrons. The molecule has 0 aliphatic carbocycles. The molecule has 1 aromatic rings. The summed E-state index contributed by atoms with van der Waals surface area (Å²) in [5, 5.41) is 9.90. The van der Waals surface area contributed by atoms with Crippen molar-refractivity contribution in [3.8, 4) is 11.5 Å². The molecule has 0 unspecified atom stereocenters.